The average Bonchev–Trinajstić information content (AvgIpc) is 2.34. The van der Waals surface area contributed by atoms with Gasteiger partial charge < -0.3 is 5.11 Å². The van der Waals surface area contributed by atoms with Gasteiger partial charge in [0.15, 0.2) is 0 Å². The van der Waals surface area contributed by atoms with Crippen molar-refractivity contribution in [2.45, 2.75) is 31.0 Å². The second kappa shape index (κ2) is 6.43. The zero-order valence-corrected chi connectivity index (χ0v) is 13.1. The second-order valence-electron chi connectivity index (χ2n) is 4.82. The van der Waals surface area contributed by atoms with Crippen LogP contribution in [0.1, 0.15) is 19.4 Å². The highest BCUT2D eigenvalue weighted by atomic mass is 35.5. The fourth-order valence-corrected chi connectivity index (χ4v) is 3.18. The number of hydrogen-bond acceptors (Lipinski definition) is 3. The molecule has 0 spiro atoms. The van der Waals surface area contributed by atoms with Gasteiger partial charge in [-0.05, 0) is 24.1 Å². The molecule has 124 valence electrons. The lowest BCUT2D eigenvalue weighted by atomic mass is 10.1. The van der Waals surface area contributed by atoms with E-state index < -0.39 is 49.6 Å². The molecule has 1 aromatic carbocycles. The average molecular weight is 360 g/mol. The molecule has 0 heterocycles. The largest absolute Gasteiger partial charge is 0.480 e. The van der Waals surface area contributed by atoms with Gasteiger partial charge in [0.1, 0.15) is 6.04 Å². The van der Waals surface area contributed by atoms with Crippen LogP contribution in [0.4, 0.5) is 13.2 Å². The van der Waals surface area contributed by atoms with E-state index in [4.69, 9.17) is 16.7 Å². The highest BCUT2D eigenvalue weighted by Gasteiger charge is 2.35. The summed E-state index contributed by atoms with van der Waals surface area (Å²) in [5, 5.41) is 8.31. The van der Waals surface area contributed by atoms with Crippen molar-refractivity contribution in [3.63, 3.8) is 0 Å². The summed E-state index contributed by atoms with van der Waals surface area (Å²) in [5.41, 5.74) is -1.31. The fourth-order valence-electron chi connectivity index (χ4n) is 1.60. The maximum Gasteiger partial charge on any atom is 0.417 e. The Bertz CT molecular complexity index is 673. The Morgan fingerprint density at radius 3 is 2.27 bits per heavy atom. The maximum absolute atomic E-state index is 12.7. The van der Waals surface area contributed by atoms with Crippen LogP contribution in [0, 0.1) is 5.92 Å². The standard InChI is InChI=1S/C12H13ClF3NO4S/c1-6(2)10(11(18)19)17-22(20,21)7-3-4-9(13)8(5-7)12(14,15)16/h3-6,10,17H,1-2H3,(H,18,19). The van der Waals surface area contributed by atoms with Gasteiger partial charge in [0.05, 0.1) is 15.5 Å². The van der Waals surface area contributed by atoms with Crippen LogP contribution in [0.5, 0.6) is 0 Å². The smallest absolute Gasteiger partial charge is 0.417 e. The summed E-state index contributed by atoms with van der Waals surface area (Å²) in [6, 6.07) is 0.572. The molecule has 5 nitrogen and oxygen atoms in total. The van der Waals surface area contributed by atoms with E-state index in [2.05, 4.69) is 0 Å². The van der Waals surface area contributed by atoms with Crippen LogP contribution in [0.15, 0.2) is 23.1 Å². The van der Waals surface area contributed by atoms with Crippen LogP contribution in [0.3, 0.4) is 0 Å². The monoisotopic (exact) mass is 359 g/mol. The first kappa shape index (κ1) is 18.7. The number of halogens is 4. The number of carboxylic acids is 1. The highest BCUT2D eigenvalue weighted by molar-refractivity contribution is 7.89. The summed E-state index contributed by atoms with van der Waals surface area (Å²) in [6.45, 7) is 2.93. The molecule has 1 unspecified atom stereocenters. The third-order valence-corrected chi connectivity index (χ3v) is 4.54. The molecule has 1 aromatic rings. The molecule has 0 bridgehead atoms. The van der Waals surface area contributed by atoms with Crippen molar-refractivity contribution in [1.82, 2.24) is 4.72 Å². The predicted molar refractivity (Wildman–Crippen MR) is 73.0 cm³/mol. The summed E-state index contributed by atoms with van der Waals surface area (Å²) >= 11 is 5.41. The molecule has 2 N–H and O–H groups in total. The fraction of sp³-hybridized carbons (Fsp3) is 0.417. The van der Waals surface area contributed by atoms with Crippen molar-refractivity contribution in [2.75, 3.05) is 0 Å². The highest BCUT2D eigenvalue weighted by Crippen LogP contribution is 2.35. The molecule has 0 aliphatic rings. The molecule has 0 aromatic heterocycles. The maximum atomic E-state index is 12.7. The van der Waals surface area contributed by atoms with Gasteiger partial charge in [-0.25, -0.2) is 8.42 Å². The van der Waals surface area contributed by atoms with Gasteiger partial charge in [-0.1, -0.05) is 25.4 Å². The Hall–Kier alpha value is -1.32. The van der Waals surface area contributed by atoms with Crippen LogP contribution in [-0.4, -0.2) is 25.5 Å². The Labute approximate surface area is 130 Å². The number of nitrogens with one attached hydrogen (secondary N) is 1. The van der Waals surface area contributed by atoms with E-state index in [1.807, 2.05) is 4.72 Å². The van der Waals surface area contributed by atoms with Gasteiger partial charge in [-0.3, -0.25) is 4.79 Å². The minimum atomic E-state index is -4.83. The number of sulfonamides is 1. The van der Waals surface area contributed by atoms with Crippen molar-refractivity contribution in [3.8, 4) is 0 Å². The summed E-state index contributed by atoms with van der Waals surface area (Å²) in [7, 11) is -4.44. The zero-order valence-electron chi connectivity index (χ0n) is 11.5. The van der Waals surface area contributed by atoms with Crippen LogP contribution in [0.25, 0.3) is 0 Å². The molecule has 0 radical (unpaired) electrons. The number of hydrogen-bond donors (Lipinski definition) is 2. The van der Waals surface area contributed by atoms with Crippen molar-refractivity contribution < 1.29 is 31.5 Å². The summed E-state index contributed by atoms with van der Waals surface area (Å²) in [6.07, 6.45) is -4.83. The van der Waals surface area contributed by atoms with E-state index in [0.717, 1.165) is 12.1 Å². The first-order valence-corrected chi connectivity index (χ1v) is 7.84. The Morgan fingerprint density at radius 2 is 1.86 bits per heavy atom. The van der Waals surface area contributed by atoms with Gasteiger partial charge in [0, 0.05) is 0 Å². The van der Waals surface area contributed by atoms with Gasteiger partial charge in [-0.2, -0.15) is 17.9 Å². The lowest BCUT2D eigenvalue weighted by molar-refractivity contribution is -0.140. The molecular formula is C12H13ClF3NO4S. The van der Waals surface area contributed by atoms with Gasteiger partial charge >= 0.3 is 12.1 Å². The Morgan fingerprint density at radius 1 is 1.32 bits per heavy atom. The minimum Gasteiger partial charge on any atom is -0.480 e. The van der Waals surface area contributed by atoms with Crippen LogP contribution < -0.4 is 4.72 Å². The quantitative estimate of drug-likeness (QED) is 0.846. The van der Waals surface area contributed by atoms with Crippen molar-refractivity contribution in [2.24, 2.45) is 5.92 Å². The van der Waals surface area contributed by atoms with Gasteiger partial charge in [-0.15, -0.1) is 0 Å². The first-order valence-electron chi connectivity index (χ1n) is 5.98. The molecule has 0 saturated heterocycles. The van der Waals surface area contributed by atoms with E-state index in [1.54, 1.807) is 0 Å². The molecule has 0 aliphatic carbocycles. The lowest BCUT2D eigenvalue weighted by Crippen LogP contribution is -2.44. The molecule has 0 aliphatic heterocycles. The molecule has 1 rings (SSSR count). The lowest BCUT2D eigenvalue weighted by Gasteiger charge is -2.18. The van der Waals surface area contributed by atoms with E-state index in [-0.39, 0.29) is 0 Å². The molecule has 10 heteroatoms. The number of aliphatic carboxylic acids is 1. The number of benzene rings is 1. The molecule has 0 saturated carbocycles. The van der Waals surface area contributed by atoms with E-state index in [9.17, 15) is 26.4 Å². The third-order valence-electron chi connectivity index (χ3n) is 2.77. The summed E-state index contributed by atoms with van der Waals surface area (Å²) < 4.78 is 64.2. The molecule has 1 atom stereocenters. The molecule has 0 fully saturated rings. The second-order valence-corrected chi connectivity index (χ2v) is 6.94. The summed E-state index contributed by atoms with van der Waals surface area (Å²) in [5.74, 6) is -2.02. The van der Waals surface area contributed by atoms with Crippen molar-refractivity contribution >= 4 is 27.6 Å². The van der Waals surface area contributed by atoms with Crippen molar-refractivity contribution in [1.29, 1.82) is 0 Å². The first-order chi connectivity index (χ1) is 9.86. The predicted octanol–water partition coefficient (Wildman–Crippen LogP) is 2.75. The topological polar surface area (TPSA) is 83.5 Å². The van der Waals surface area contributed by atoms with E-state index >= 15 is 0 Å². The van der Waals surface area contributed by atoms with Crippen LogP contribution in [0.2, 0.25) is 5.02 Å². The molecule has 0 amide bonds. The molecule has 22 heavy (non-hydrogen) atoms. The molecular weight excluding hydrogens is 347 g/mol. The van der Waals surface area contributed by atoms with Crippen molar-refractivity contribution in [3.05, 3.63) is 28.8 Å². The minimum absolute atomic E-state index is 0.365. The van der Waals surface area contributed by atoms with E-state index in [0.29, 0.717) is 6.07 Å². The number of alkyl halides is 3. The Kier molecular flexibility index (Phi) is 5.47. The van der Waals surface area contributed by atoms with Crippen LogP contribution >= 0.6 is 11.6 Å². The number of carboxylic acid groups (broad SMARTS) is 1. The third kappa shape index (κ3) is 4.34. The number of carbonyl (C=O) groups is 1. The zero-order chi connectivity index (χ0) is 17.3. The van der Waals surface area contributed by atoms with E-state index in [1.165, 1.54) is 13.8 Å². The van der Waals surface area contributed by atoms with Gasteiger partial charge in [0.2, 0.25) is 10.0 Å². The summed E-state index contributed by atoms with van der Waals surface area (Å²) in [4.78, 5) is 10.3. The number of rotatable bonds is 5. The normalized spacial score (nSPS) is 14.1. The van der Waals surface area contributed by atoms with Gasteiger partial charge in [0.25, 0.3) is 0 Å². The SMILES string of the molecule is CC(C)C(NS(=O)(=O)c1ccc(Cl)c(C(F)(F)F)c1)C(=O)O. The Balaban J connectivity index is 3.27. The van der Waals surface area contributed by atoms with Crippen LogP contribution in [-0.2, 0) is 21.0 Å².